The van der Waals surface area contributed by atoms with Crippen LogP contribution in [0.15, 0.2) is 53.4 Å². The molecule has 0 saturated carbocycles. The van der Waals surface area contributed by atoms with Crippen LogP contribution in [0.3, 0.4) is 0 Å². The highest BCUT2D eigenvalue weighted by molar-refractivity contribution is 7.92. The largest absolute Gasteiger partial charge is 0.488 e. The molecule has 12 heteroatoms. The second-order valence-electron chi connectivity index (χ2n) is 9.18. The lowest BCUT2D eigenvalue weighted by Gasteiger charge is -2.33. The number of anilines is 1. The fourth-order valence-corrected chi connectivity index (χ4v) is 5.81. The van der Waals surface area contributed by atoms with E-state index in [1.165, 1.54) is 35.6 Å². The van der Waals surface area contributed by atoms with Crippen LogP contribution in [-0.4, -0.2) is 82.2 Å². The molecule has 3 rings (SSSR count). The number of nitrogens with zero attached hydrogens (tertiary/aromatic N) is 2. The standard InChI is InChI=1S/C24H33N3O7S2/c1-17-14-27(18(2)16-28)24(29)13-19-12-20(25-35(4,30)31)10-11-22(19)34-23(17)15-26(3)36(32,33)21-8-6-5-7-9-21/h5-12,17-18,23,25,28H,13-16H2,1-4H3/t17-,18-,23-/m0/s1. The van der Waals surface area contributed by atoms with Crippen molar-refractivity contribution in [2.45, 2.75) is 37.3 Å². The van der Waals surface area contributed by atoms with Crippen molar-refractivity contribution >= 4 is 31.6 Å². The summed E-state index contributed by atoms with van der Waals surface area (Å²) >= 11 is 0. The molecule has 0 aliphatic carbocycles. The van der Waals surface area contributed by atoms with Gasteiger partial charge < -0.3 is 14.7 Å². The van der Waals surface area contributed by atoms with Crippen LogP contribution in [-0.2, 0) is 31.3 Å². The number of carbonyl (C=O) groups is 1. The lowest BCUT2D eigenvalue weighted by atomic mass is 10.0. The van der Waals surface area contributed by atoms with Gasteiger partial charge in [-0.05, 0) is 37.3 Å². The van der Waals surface area contributed by atoms with Gasteiger partial charge in [-0.25, -0.2) is 16.8 Å². The minimum Gasteiger partial charge on any atom is -0.488 e. The number of fused-ring (bicyclic) bond motifs is 1. The van der Waals surface area contributed by atoms with Gasteiger partial charge in [0, 0.05) is 30.8 Å². The molecule has 198 valence electrons. The topological polar surface area (TPSA) is 133 Å². The third kappa shape index (κ3) is 6.75. The van der Waals surface area contributed by atoms with Crippen molar-refractivity contribution < 1.29 is 31.5 Å². The van der Waals surface area contributed by atoms with Gasteiger partial charge in [-0.15, -0.1) is 0 Å². The molecule has 2 aromatic carbocycles. The van der Waals surface area contributed by atoms with Crippen LogP contribution in [0.4, 0.5) is 5.69 Å². The summed E-state index contributed by atoms with van der Waals surface area (Å²) in [7, 11) is -5.85. The molecule has 0 fully saturated rings. The zero-order valence-electron chi connectivity index (χ0n) is 20.8. The van der Waals surface area contributed by atoms with Crippen molar-refractivity contribution in [2.75, 3.05) is 37.7 Å². The Morgan fingerprint density at radius 3 is 2.44 bits per heavy atom. The number of nitrogens with one attached hydrogen (secondary N) is 1. The van der Waals surface area contributed by atoms with Crippen LogP contribution in [0.1, 0.15) is 19.4 Å². The number of benzene rings is 2. The molecule has 0 aromatic heterocycles. The summed E-state index contributed by atoms with van der Waals surface area (Å²) in [5, 5.41) is 9.75. The van der Waals surface area contributed by atoms with Gasteiger partial charge in [0.05, 0.1) is 36.8 Å². The summed E-state index contributed by atoms with van der Waals surface area (Å²) in [6.07, 6.45) is 0.318. The summed E-state index contributed by atoms with van der Waals surface area (Å²) in [5.74, 6) is -0.185. The van der Waals surface area contributed by atoms with Gasteiger partial charge >= 0.3 is 0 Å². The molecule has 2 aromatic rings. The van der Waals surface area contributed by atoms with E-state index in [2.05, 4.69) is 4.72 Å². The van der Waals surface area contributed by atoms with Crippen LogP contribution in [0.2, 0.25) is 0 Å². The average molecular weight is 540 g/mol. The van der Waals surface area contributed by atoms with Gasteiger partial charge in [-0.1, -0.05) is 25.1 Å². The highest BCUT2D eigenvalue weighted by Gasteiger charge is 2.33. The minimum absolute atomic E-state index is 0.0106. The van der Waals surface area contributed by atoms with E-state index in [0.29, 0.717) is 11.3 Å². The third-order valence-electron chi connectivity index (χ3n) is 6.11. The number of ether oxygens (including phenoxy) is 1. The van der Waals surface area contributed by atoms with E-state index in [-0.39, 0.29) is 48.5 Å². The lowest BCUT2D eigenvalue weighted by molar-refractivity contribution is -0.134. The Balaban J connectivity index is 1.99. The monoisotopic (exact) mass is 539 g/mol. The smallest absolute Gasteiger partial charge is 0.242 e. The van der Waals surface area contributed by atoms with E-state index in [1.807, 2.05) is 6.92 Å². The van der Waals surface area contributed by atoms with Crippen LogP contribution in [0, 0.1) is 5.92 Å². The van der Waals surface area contributed by atoms with Gasteiger partial charge in [0.2, 0.25) is 26.0 Å². The molecule has 1 aliphatic rings. The first-order valence-electron chi connectivity index (χ1n) is 11.5. The SMILES string of the molecule is C[C@H]1CN([C@@H](C)CO)C(=O)Cc2cc(NS(C)(=O)=O)ccc2O[C@H]1CN(C)S(=O)(=O)c1ccccc1. The van der Waals surface area contributed by atoms with Crippen molar-refractivity contribution in [1.29, 1.82) is 0 Å². The maximum Gasteiger partial charge on any atom is 0.242 e. The van der Waals surface area contributed by atoms with Gasteiger partial charge in [-0.3, -0.25) is 9.52 Å². The molecule has 10 nitrogen and oxygen atoms in total. The van der Waals surface area contributed by atoms with Crippen LogP contribution >= 0.6 is 0 Å². The first-order valence-corrected chi connectivity index (χ1v) is 14.8. The highest BCUT2D eigenvalue weighted by Crippen LogP contribution is 2.30. The third-order valence-corrected chi connectivity index (χ3v) is 8.55. The van der Waals surface area contributed by atoms with Crippen molar-refractivity contribution in [3.8, 4) is 5.75 Å². The molecule has 2 N–H and O–H groups in total. The summed E-state index contributed by atoms with van der Waals surface area (Å²) in [6, 6.07) is 12.3. The molecular formula is C24H33N3O7S2. The second-order valence-corrected chi connectivity index (χ2v) is 13.0. The first-order chi connectivity index (χ1) is 16.8. The quantitative estimate of drug-likeness (QED) is 0.520. The van der Waals surface area contributed by atoms with Crippen LogP contribution < -0.4 is 9.46 Å². The molecular weight excluding hydrogens is 506 g/mol. The number of hydrogen-bond acceptors (Lipinski definition) is 7. The Morgan fingerprint density at radius 2 is 1.83 bits per heavy atom. The number of carbonyl (C=O) groups excluding carboxylic acids is 1. The summed E-state index contributed by atoms with van der Waals surface area (Å²) in [6.45, 7) is 3.61. The number of amides is 1. The van der Waals surface area contributed by atoms with Crippen LogP contribution in [0.25, 0.3) is 0 Å². The van der Waals surface area contributed by atoms with E-state index in [1.54, 1.807) is 36.1 Å². The van der Waals surface area contributed by atoms with Gasteiger partial charge in [0.25, 0.3) is 0 Å². The van der Waals surface area contributed by atoms with Gasteiger partial charge in [0.15, 0.2) is 0 Å². The van der Waals surface area contributed by atoms with Crippen molar-refractivity contribution in [3.63, 3.8) is 0 Å². The van der Waals surface area contributed by atoms with Crippen LogP contribution in [0.5, 0.6) is 5.75 Å². The lowest BCUT2D eigenvalue weighted by Crippen LogP contribution is -2.48. The normalized spacial score (nSPS) is 20.1. The zero-order chi connectivity index (χ0) is 26.7. The molecule has 0 spiro atoms. The molecule has 0 unspecified atom stereocenters. The Hall–Kier alpha value is -2.67. The van der Waals surface area contributed by atoms with E-state index < -0.39 is 32.2 Å². The predicted molar refractivity (Wildman–Crippen MR) is 137 cm³/mol. The molecule has 1 heterocycles. The number of hydrogen-bond donors (Lipinski definition) is 2. The zero-order valence-corrected chi connectivity index (χ0v) is 22.4. The summed E-state index contributed by atoms with van der Waals surface area (Å²) in [4.78, 5) is 14.9. The molecule has 0 radical (unpaired) electrons. The summed E-state index contributed by atoms with van der Waals surface area (Å²) < 4.78 is 59.6. The second kappa shape index (κ2) is 11.2. The maximum atomic E-state index is 13.2. The molecule has 1 amide bonds. The Labute approximate surface area is 213 Å². The maximum absolute atomic E-state index is 13.2. The first kappa shape index (κ1) is 27.9. The molecule has 1 aliphatic heterocycles. The number of sulfonamides is 2. The van der Waals surface area contributed by atoms with E-state index in [9.17, 15) is 26.7 Å². The van der Waals surface area contributed by atoms with Crippen molar-refractivity contribution in [2.24, 2.45) is 5.92 Å². The number of aliphatic hydroxyl groups excluding tert-OH is 1. The number of aliphatic hydroxyl groups is 1. The molecule has 0 saturated heterocycles. The number of rotatable bonds is 8. The molecule has 0 bridgehead atoms. The Morgan fingerprint density at radius 1 is 1.17 bits per heavy atom. The Bertz CT molecular complexity index is 1280. The van der Waals surface area contributed by atoms with Crippen molar-refractivity contribution in [1.82, 2.24) is 9.21 Å². The average Bonchev–Trinajstić information content (AvgIpc) is 2.86. The minimum atomic E-state index is -3.79. The molecule has 36 heavy (non-hydrogen) atoms. The van der Waals surface area contributed by atoms with Gasteiger partial charge in [-0.2, -0.15) is 4.31 Å². The summed E-state index contributed by atoms with van der Waals surface area (Å²) in [5.41, 5.74) is 0.735. The highest BCUT2D eigenvalue weighted by atomic mass is 32.2. The van der Waals surface area contributed by atoms with Gasteiger partial charge in [0.1, 0.15) is 11.9 Å². The van der Waals surface area contributed by atoms with E-state index in [4.69, 9.17) is 4.74 Å². The van der Waals surface area contributed by atoms with Crippen molar-refractivity contribution in [3.05, 3.63) is 54.1 Å². The molecule has 3 atom stereocenters. The fourth-order valence-electron chi connectivity index (χ4n) is 4.05. The number of likely N-dealkylation sites (N-methyl/N-ethyl adjacent to an activating group) is 1. The predicted octanol–water partition coefficient (Wildman–Crippen LogP) is 1.53. The van der Waals surface area contributed by atoms with E-state index >= 15 is 0 Å². The fraction of sp³-hybridized carbons (Fsp3) is 0.458. The Kier molecular flexibility index (Phi) is 8.65. The van der Waals surface area contributed by atoms with E-state index in [0.717, 1.165) is 6.26 Å².